The van der Waals surface area contributed by atoms with E-state index in [-0.39, 0.29) is 0 Å². The highest BCUT2D eigenvalue weighted by molar-refractivity contribution is 9.11. The minimum absolute atomic E-state index is 0.478. The summed E-state index contributed by atoms with van der Waals surface area (Å²) in [5.41, 5.74) is 0. The first-order chi connectivity index (χ1) is 10.3. The predicted molar refractivity (Wildman–Crippen MR) is 97.9 cm³/mol. The molecule has 106 valence electrons. The van der Waals surface area contributed by atoms with Gasteiger partial charge in [0.2, 0.25) is 0 Å². The molecule has 0 aliphatic heterocycles. The third-order valence-electron chi connectivity index (χ3n) is 3.77. The van der Waals surface area contributed by atoms with E-state index in [2.05, 4.69) is 95.7 Å². The molecule has 1 atom stereocenters. The summed E-state index contributed by atoms with van der Waals surface area (Å²) >= 11 is 3.86. The van der Waals surface area contributed by atoms with Gasteiger partial charge >= 0.3 is 0 Å². The summed E-state index contributed by atoms with van der Waals surface area (Å²) in [5.74, 6) is 0.539. The van der Waals surface area contributed by atoms with Crippen LogP contribution in [0.3, 0.4) is 0 Å². The van der Waals surface area contributed by atoms with Gasteiger partial charge < -0.3 is 0 Å². The van der Waals surface area contributed by atoms with Crippen LogP contribution < -0.4 is 10.6 Å². The van der Waals surface area contributed by atoms with Crippen LogP contribution in [0.15, 0.2) is 82.6 Å². The Balaban J connectivity index is 2.11. The van der Waals surface area contributed by atoms with E-state index in [1.165, 1.54) is 20.4 Å². The lowest BCUT2D eigenvalue weighted by Crippen LogP contribution is -2.12. The first-order valence-electron chi connectivity index (χ1n) is 7.29. The summed E-state index contributed by atoms with van der Waals surface area (Å²) in [7, 11) is -0.478. The third kappa shape index (κ3) is 3.05. The van der Waals surface area contributed by atoms with Crippen LogP contribution >= 0.6 is 23.9 Å². The Kier molecular flexibility index (Phi) is 4.73. The molecule has 21 heavy (non-hydrogen) atoms. The molecule has 0 spiro atoms. The number of rotatable bonds is 4. The smallest absolute Gasteiger partial charge is 0.0103 e. The maximum Gasteiger partial charge on any atom is 0.0103 e. The zero-order chi connectivity index (χ0) is 14.7. The molecular weight excluding hydrogens is 339 g/mol. The summed E-state index contributed by atoms with van der Waals surface area (Å²) in [5, 5.41) is 4.27. The number of allylic oxidation sites excluding steroid dienone is 4. The normalized spacial score (nSPS) is 17.8. The first-order valence-corrected chi connectivity index (χ1v) is 9.43. The van der Waals surface area contributed by atoms with Gasteiger partial charge in [0.05, 0.1) is 0 Å². The molecule has 0 fully saturated rings. The fraction of sp³-hybridized carbons (Fsp3) is 0.158. The number of hydrogen-bond donors (Lipinski definition) is 0. The summed E-state index contributed by atoms with van der Waals surface area (Å²) in [6, 6.07) is 21.7. The van der Waals surface area contributed by atoms with Gasteiger partial charge in [-0.1, -0.05) is 95.7 Å². The van der Waals surface area contributed by atoms with E-state index in [9.17, 15) is 0 Å². The van der Waals surface area contributed by atoms with E-state index < -0.39 is 7.92 Å². The van der Waals surface area contributed by atoms with Gasteiger partial charge in [0.1, 0.15) is 0 Å². The van der Waals surface area contributed by atoms with Crippen LogP contribution in [-0.2, 0) is 0 Å². The van der Waals surface area contributed by atoms with Crippen LogP contribution in [-0.4, -0.2) is 0 Å². The van der Waals surface area contributed by atoms with E-state index in [4.69, 9.17) is 0 Å². The van der Waals surface area contributed by atoms with E-state index in [0.29, 0.717) is 5.92 Å². The van der Waals surface area contributed by atoms with E-state index >= 15 is 0 Å². The molecule has 1 unspecified atom stereocenters. The lowest BCUT2D eigenvalue weighted by Gasteiger charge is -2.20. The highest BCUT2D eigenvalue weighted by atomic mass is 79.9. The maximum atomic E-state index is 3.86. The molecule has 2 aromatic carbocycles. The number of hydrogen-bond acceptors (Lipinski definition) is 0. The average Bonchev–Trinajstić information content (AvgIpc) is 2.91. The van der Waals surface area contributed by atoms with Crippen molar-refractivity contribution in [2.24, 2.45) is 5.92 Å². The highest BCUT2D eigenvalue weighted by Crippen LogP contribution is 2.51. The lowest BCUT2D eigenvalue weighted by atomic mass is 10.1. The quantitative estimate of drug-likeness (QED) is 0.650. The Hall–Kier alpha value is -1.17. The van der Waals surface area contributed by atoms with Gasteiger partial charge in [-0.25, -0.2) is 0 Å². The second-order valence-corrected chi connectivity index (χ2v) is 8.15. The van der Waals surface area contributed by atoms with Crippen molar-refractivity contribution in [1.29, 1.82) is 0 Å². The van der Waals surface area contributed by atoms with Crippen molar-refractivity contribution in [3.8, 4) is 0 Å². The van der Waals surface area contributed by atoms with Crippen molar-refractivity contribution in [2.45, 2.75) is 13.3 Å². The largest absolute Gasteiger partial charge is 0.0758 e. The molecule has 0 radical (unpaired) electrons. The minimum atomic E-state index is -0.478. The fourth-order valence-electron chi connectivity index (χ4n) is 2.64. The number of halogens is 1. The summed E-state index contributed by atoms with van der Waals surface area (Å²) in [6.07, 6.45) is 5.80. The van der Waals surface area contributed by atoms with Gasteiger partial charge in [-0.2, -0.15) is 0 Å². The van der Waals surface area contributed by atoms with Crippen molar-refractivity contribution in [3.05, 3.63) is 82.6 Å². The molecular formula is C19H18BrP. The van der Waals surface area contributed by atoms with Gasteiger partial charge in [-0.15, -0.1) is 0 Å². The van der Waals surface area contributed by atoms with E-state index in [1.54, 1.807) is 0 Å². The Labute approximate surface area is 136 Å². The molecule has 3 rings (SSSR count). The minimum Gasteiger partial charge on any atom is -0.0758 e. The Morgan fingerprint density at radius 3 is 1.86 bits per heavy atom. The van der Waals surface area contributed by atoms with Gasteiger partial charge in [-0.3, -0.25) is 0 Å². The molecule has 1 aliphatic carbocycles. The van der Waals surface area contributed by atoms with Crippen molar-refractivity contribution < 1.29 is 0 Å². The zero-order valence-corrected chi connectivity index (χ0v) is 14.5. The average molecular weight is 357 g/mol. The molecule has 1 aliphatic rings. The monoisotopic (exact) mass is 356 g/mol. The van der Waals surface area contributed by atoms with Gasteiger partial charge in [0.25, 0.3) is 0 Å². The Morgan fingerprint density at radius 1 is 0.905 bits per heavy atom. The third-order valence-corrected chi connectivity index (χ3v) is 7.59. The molecule has 0 bridgehead atoms. The summed E-state index contributed by atoms with van der Waals surface area (Å²) < 4.78 is 1.36. The standard InChI is InChI=1S/C19H18BrP/c1-2-15-13-14-18(19(15)20)21(16-9-5-3-6-10-16)17-11-7-4-8-12-17/h3-15H,2H2,1H3. The molecule has 2 heteroatoms. The maximum absolute atomic E-state index is 3.86. The van der Waals surface area contributed by atoms with Crippen LogP contribution in [0.25, 0.3) is 0 Å². The molecule has 2 aromatic rings. The molecule has 0 heterocycles. The molecule has 0 nitrogen and oxygen atoms in total. The van der Waals surface area contributed by atoms with Crippen LogP contribution in [0.5, 0.6) is 0 Å². The molecule has 0 N–H and O–H groups in total. The van der Waals surface area contributed by atoms with Crippen molar-refractivity contribution in [3.63, 3.8) is 0 Å². The van der Waals surface area contributed by atoms with Gasteiger partial charge in [0, 0.05) is 10.4 Å². The van der Waals surface area contributed by atoms with Gasteiger partial charge in [-0.05, 0) is 30.3 Å². The van der Waals surface area contributed by atoms with Crippen LogP contribution in [0.2, 0.25) is 0 Å². The van der Waals surface area contributed by atoms with Crippen molar-refractivity contribution in [2.75, 3.05) is 0 Å². The second-order valence-electron chi connectivity index (χ2n) is 5.11. The van der Waals surface area contributed by atoms with Crippen molar-refractivity contribution in [1.82, 2.24) is 0 Å². The second kappa shape index (κ2) is 6.73. The summed E-state index contributed by atoms with van der Waals surface area (Å²) in [6.45, 7) is 2.24. The predicted octanol–water partition coefficient (Wildman–Crippen LogP) is 5.32. The van der Waals surface area contributed by atoms with Crippen LogP contribution in [0.1, 0.15) is 13.3 Å². The molecule has 0 saturated heterocycles. The first kappa shape index (κ1) is 14.8. The Bertz CT molecular complexity index is 619. The van der Waals surface area contributed by atoms with Crippen LogP contribution in [0, 0.1) is 5.92 Å². The lowest BCUT2D eigenvalue weighted by molar-refractivity contribution is 0.776. The van der Waals surface area contributed by atoms with E-state index in [1.807, 2.05) is 0 Å². The van der Waals surface area contributed by atoms with E-state index in [0.717, 1.165) is 6.42 Å². The van der Waals surface area contributed by atoms with Crippen LogP contribution in [0.4, 0.5) is 0 Å². The fourth-order valence-corrected chi connectivity index (χ4v) is 6.19. The van der Waals surface area contributed by atoms with Crippen molar-refractivity contribution >= 4 is 34.5 Å². The number of benzene rings is 2. The molecule has 0 amide bonds. The van der Waals surface area contributed by atoms with Gasteiger partial charge in [0.15, 0.2) is 0 Å². The molecule has 0 saturated carbocycles. The highest BCUT2D eigenvalue weighted by Gasteiger charge is 2.25. The Morgan fingerprint density at radius 2 is 1.43 bits per heavy atom. The molecule has 0 aromatic heterocycles. The SMILES string of the molecule is CCC1C=CC(P(c2ccccc2)c2ccccc2)=C1Br. The summed E-state index contributed by atoms with van der Waals surface area (Å²) in [4.78, 5) is 0. The topological polar surface area (TPSA) is 0 Å². The zero-order valence-electron chi connectivity index (χ0n) is 12.0.